The molecule has 1 aliphatic heterocycles. The summed E-state index contributed by atoms with van der Waals surface area (Å²) in [5, 5.41) is 3.12. The van der Waals surface area contributed by atoms with Crippen molar-refractivity contribution in [1.82, 2.24) is 10.2 Å². The van der Waals surface area contributed by atoms with Crippen LogP contribution in [-0.4, -0.2) is 56.8 Å². The zero-order valence-electron chi connectivity index (χ0n) is 12.2. The number of aliphatic imine (C=N–C) groups is 1. The van der Waals surface area contributed by atoms with E-state index in [2.05, 4.69) is 15.2 Å². The average Bonchev–Trinajstić information content (AvgIpc) is 2.58. The number of rotatable bonds is 6. The Morgan fingerprint density at radius 3 is 2.53 bits per heavy atom. The van der Waals surface area contributed by atoms with Gasteiger partial charge in [-0.25, -0.2) is 0 Å². The van der Waals surface area contributed by atoms with Gasteiger partial charge in [0.25, 0.3) is 0 Å². The number of guanidine groups is 1. The molecule has 0 aromatic carbocycles. The lowest BCUT2D eigenvalue weighted by molar-refractivity contribution is 0.179. The maximum atomic E-state index is 5.82. The van der Waals surface area contributed by atoms with Gasteiger partial charge in [0.05, 0.1) is 13.2 Å². The highest BCUT2D eigenvalue weighted by Gasteiger charge is 2.08. The highest BCUT2D eigenvalue weighted by atomic mass is 127. The molecular weight excluding hydrogens is 355 g/mol. The number of nitrogens with one attached hydrogen (secondary N) is 1. The van der Waals surface area contributed by atoms with E-state index < -0.39 is 0 Å². The smallest absolute Gasteiger partial charge is 0.188 e. The second kappa shape index (κ2) is 11.7. The first-order valence-electron chi connectivity index (χ1n) is 7.00. The second-order valence-electron chi connectivity index (χ2n) is 5.02. The van der Waals surface area contributed by atoms with Crippen LogP contribution in [0.5, 0.6) is 0 Å². The quantitative estimate of drug-likeness (QED) is 0.413. The summed E-state index contributed by atoms with van der Waals surface area (Å²) in [6, 6.07) is 0.205. The van der Waals surface area contributed by atoms with Crippen molar-refractivity contribution in [2.75, 3.05) is 39.9 Å². The highest BCUT2D eigenvalue weighted by molar-refractivity contribution is 14.0. The van der Waals surface area contributed by atoms with Crippen LogP contribution in [-0.2, 0) is 4.74 Å². The first-order valence-corrected chi connectivity index (χ1v) is 7.00. The molecule has 1 fully saturated rings. The Balaban J connectivity index is 0.00000324. The summed E-state index contributed by atoms with van der Waals surface area (Å²) in [5.74, 6) is 0.523. The summed E-state index contributed by atoms with van der Waals surface area (Å²) in [6.07, 6.45) is 5.39. The van der Waals surface area contributed by atoms with Gasteiger partial charge in [-0.1, -0.05) is 12.8 Å². The van der Waals surface area contributed by atoms with Crippen molar-refractivity contribution in [2.24, 2.45) is 10.7 Å². The summed E-state index contributed by atoms with van der Waals surface area (Å²) in [5.41, 5.74) is 5.82. The normalized spacial score (nSPS) is 19.4. The molecule has 1 saturated heterocycles. The number of likely N-dealkylation sites (tertiary alicyclic amines) is 1. The Morgan fingerprint density at radius 2 is 1.95 bits per heavy atom. The largest absolute Gasteiger partial charge is 0.383 e. The Kier molecular flexibility index (Phi) is 11.7. The molecule has 0 amide bonds. The van der Waals surface area contributed by atoms with Crippen molar-refractivity contribution in [1.29, 1.82) is 0 Å². The number of hydrogen-bond donors (Lipinski definition) is 2. The molecule has 0 radical (unpaired) electrons. The molecule has 0 aromatic heterocycles. The molecule has 5 nitrogen and oxygen atoms in total. The van der Waals surface area contributed by atoms with E-state index in [1.165, 1.54) is 38.8 Å². The van der Waals surface area contributed by atoms with Crippen LogP contribution >= 0.6 is 24.0 Å². The fourth-order valence-electron chi connectivity index (χ4n) is 2.26. The van der Waals surface area contributed by atoms with Gasteiger partial charge in [0, 0.05) is 19.7 Å². The minimum Gasteiger partial charge on any atom is -0.383 e. The summed E-state index contributed by atoms with van der Waals surface area (Å²) in [7, 11) is 1.69. The van der Waals surface area contributed by atoms with Gasteiger partial charge in [-0.3, -0.25) is 4.99 Å². The minimum absolute atomic E-state index is 0. The molecule has 0 bridgehead atoms. The maximum Gasteiger partial charge on any atom is 0.188 e. The summed E-state index contributed by atoms with van der Waals surface area (Å²) in [4.78, 5) is 6.85. The SMILES string of the molecule is COCC(C)NC(N)=NCCN1CCCCCC1.I. The number of nitrogens with two attached hydrogens (primary N) is 1. The Morgan fingerprint density at radius 1 is 1.32 bits per heavy atom. The van der Waals surface area contributed by atoms with Crippen molar-refractivity contribution >= 4 is 29.9 Å². The van der Waals surface area contributed by atoms with Gasteiger partial charge in [-0.05, 0) is 32.9 Å². The topological polar surface area (TPSA) is 62.9 Å². The fraction of sp³-hybridized carbons (Fsp3) is 0.923. The first-order chi connectivity index (χ1) is 8.72. The predicted molar refractivity (Wildman–Crippen MR) is 91.3 cm³/mol. The van der Waals surface area contributed by atoms with Crippen LogP contribution in [0.2, 0.25) is 0 Å². The number of nitrogens with zero attached hydrogens (tertiary/aromatic N) is 2. The van der Waals surface area contributed by atoms with Crippen LogP contribution in [0.1, 0.15) is 32.6 Å². The van der Waals surface area contributed by atoms with Crippen molar-refractivity contribution in [2.45, 2.75) is 38.6 Å². The summed E-state index contributed by atoms with van der Waals surface area (Å²) >= 11 is 0. The molecule has 1 rings (SSSR count). The van der Waals surface area contributed by atoms with Gasteiger partial charge in [-0.2, -0.15) is 0 Å². The molecule has 6 heteroatoms. The second-order valence-corrected chi connectivity index (χ2v) is 5.02. The highest BCUT2D eigenvalue weighted by Crippen LogP contribution is 2.08. The van der Waals surface area contributed by atoms with E-state index in [9.17, 15) is 0 Å². The molecular formula is C13H29IN4O. The minimum atomic E-state index is 0. The molecule has 1 atom stereocenters. The van der Waals surface area contributed by atoms with Crippen molar-refractivity contribution in [3.8, 4) is 0 Å². The molecule has 114 valence electrons. The average molecular weight is 384 g/mol. The van der Waals surface area contributed by atoms with Crippen molar-refractivity contribution < 1.29 is 4.74 Å². The molecule has 0 aliphatic carbocycles. The summed E-state index contributed by atoms with van der Waals surface area (Å²) in [6.45, 7) is 6.88. The predicted octanol–water partition coefficient (Wildman–Crippen LogP) is 1.42. The van der Waals surface area contributed by atoms with Gasteiger partial charge in [0.2, 0.25) is 0 Å². The van der Waals surface area contributed by atoms with E-state index in [1.807, 2.05) is 6.92 Å². The van der Waals surface area contributed by atoms with E-state index in [0.717, 1.165) is 13.1 Å². The number of ether oxygens (including phenoxy) is 1. The third-order valence-electron chi connectivity index (χ3n) is 3.21. The fourth-order valence-corrected chi connectivity index (χ4v) is 2.26. The molecule has 0 saturated carbocycles. The molecule has 1 aliphatic rings. The van der Waals surface area contributed by atoms with Gasteiger partial charge >= 0.3 is 0 Å². The first kappa shape index (κ1) is 18.9. The molecule has 3 N–H and O–H groups in total. The van der Waals surface area contributed by atoms with Crippen molar-refractivity contribution in [3.63, 3.8) is 0 Å². The Bertz CT molecular complexity index is 243. The van der Waals surface area contributed by atoms with Gasteiger partial charge < -0.3 is 20.7 Å². The lowest BCUT2D eigenvalue weighted by atomic mass is 10.2. The zero-order valence-corrected chi connectivity index (χ0v) is 14.6. The van der Waals surface area contributed by atoms with Crippen LogP contribution in [0.15, 0.2) is 4.99 Å². The van der Waals surface area contributed by atoms with Crippen LogP contribution in [0.25, 0.3) is 0 Å². The number of halogens is 1. The number of methoxy groups -OCH3 is 1. The van der Waals surface area contributed by atoms with Crippen LogP contribution in [0, 0.1) is 0 Å². The van der Waals surface area contributed by atoms with E-state index in [4.69, 9.17) is 10.5 Å². The molecule has 19 heavy (non-hydrogen) atoms. The maximum absolute atomic E-state index is 5.82. The van der Waals surface area contributed by atoms with Crippen LogP contribution in [0.4, 0.5) is 0 Å². The standard InChI is InChI=1S/C13H28N4O.HI/c1-12(11-18-2)16-13(14)15-7-10-17-8-5-3-4-6-9-17;/h12H,3-11H2,1-2H3,(H3,14,15,16);1H. The number of hydrogen-bond acceptors (Lipinski definition) is 3. The van der Waals surface area contributed by atoms with Gasteiger partial charge in [0.15, 0.2) is 5.96 Å². The van der Waals surface area contributed by atoms with Gasteiger partial charge in [-0.15, -0.1) is 24.0 Å². The zero-order chi connectivity index (χ0) is 13.2. The van der Waals surface area contributed by atoms with Gasteiger partial charge in [0.1, 0.15) is 0 Å². The lowest BCUT2D eigenvalue weighted by Crippen LogP contribution is -2.41. The Labute approximate surface area is 134 Å². The Hall–Kier alpha value is -0.0800. The van der Waals surface area contributed by atoms with Crippen LogP contribution < -0.4 is 11.1 Å². The van der Waals surface area contributed by atoms with E-state index in [-0.39, 0.29) is 30.0 Å². The van der Waals surface area contributed by atoms with Crippen molar-refractivity contribution in [3.05, 3.63) is 0 Å². The third kappa shape index (κ3) is 9.45. The van der Waals surface area contributed by atoms with E-state index in [1.54, 1.807) is 7.11 Å². The lowest BCUT2D eigenvalue weighted by Gasteiger charge is -2.18. The third-order valence-corrected chi connectivity index (χ3v) is 3.21. The monoisotopic (exact) mass is 384 g/mol. The van der Waals surface area contributed by atoms with Crippen LogP contribution in [0.3, 0.4) is 0 Å². The molecule has 0 spiro atoms. The molecule has 1 unspecified atom stereocenters. The van der Waals surface area contributed by atoms with E-state index >= 15 is 0 Å². The molecule has 0 aromatic rings. The molecule has 1 heterocycles. The van der Waals surface area contributed by atoms with E-state index in [0.29, 0.717) is 12.6 Å². The summed E-state index contributed by atoms with van der Waals surface area (Å²) < 4.78 is 5.04.